The molecule has 0 spiro atoms. The Bertz CT molecular complexity index is 1520. The summed E-state index contributed by atoms with van der Waals surface area (Å²) >= 11 is 0. The van der Waals surface area contributed by atoms with Crippen LogP contribution in [0.1, 0.15) is 113 Å². The van der Waals surface area contributed by atoms with E-state index in [0.717, 1.165) is 38.5 Å². The smallest absolute Gasteiger partial charge is 0.315 e. The molecule has 0 bridgehead atoms. The summed E-state index contributed by atoms with van der Waals surface area (Å²) in [4.78, 5) is 70.4. The van der Waals surface area contributed by atoms with Gasteiger partial charge < -0.3 is 26.2 Å². The van der Waals surface area contributed by atoms with Gasteiger partial charge in [0.1, 0.15) is 12.1 Å². The highest BCUT2D eigenvalue weighted by Gasteiger charge is 2.53. The molecule has 1 unspecified atom stereocenters. The Morgan fingerprint density at radius 3 is 2.21 bits per heavy atom. The van der Waals surface area contributed by atoms with E-state index in [-0.39, 0.29) is 43.7 Å². The van der Waals surface area contributed by atoms with Crippen LogP contribution in [0, 0.1) is 35.0 Å². The second-order valence-electron chi connectivity index (χ2n) is 17.5. The average Bonchev–Trinajstić information content (AvgIpc) is 3.68. The van der Waals surface area contributed by atoms with Gasteiger partial charge in [0, 0.05) is 39.1 Å². The Balaban J connectivity index is 1.93. The molecule has 298 valence electrons. The molecule has 0 aromatic rings. The maximum Gasteiger partial charge on any atom is 0.315 e. The fraction of sp³-hybridized carbons (Fsp3) is 0.769. The van der Waals surface area contributed by atoms with Gasteiger partial charge in [-0.3, -0.25) is 19.2 Å². The first-order valence-corrected chi connectivity index (χ1v) is 20.5. The molecule has 1 heterocycles. The summed E-state index contributed by atoms with van der Waals surface area (Å²) in [6.07, 6.45) is 13.8. The average molecular weight is 761 g/mol. The summed E-state index contributed by atoms with van der Waals surface area (Å²) in [5.74, 6) is -0.173. The third kappa shape index (κ3) is 10.6. The number of rotatable bonds is 15. The summed E-state index contributed by atoms with van der Waals surface area (Å²) in [6.45, 7) is 16.6. The van der Waals surface area contributed by atoms with Crippen LogP contribution in [0.5, 0.6) is 0 Å². The molecule has 3 aliphatic rings. The van der Waals surface area contributed by atoms with E-state index in [2.05, 4.69) is 33.8 Å². The van der Waals surface area contributed by atoms with E-state index in [1.165, 1.54) is 17.4 Å². The molecular formula is C39H64N6O7S. The molecule has 53 heavy (non-hydrogen) atoms. The molecule has 6 atom stereocenters. The highest BCUT2D eigenvalue weighted by Crippen LogP contribution is 2.45. The third-order valence-corrected chi connectivity index (χ3v) is 14.0. The maximum absolute atomic E-state index is 14.9. The molecule has 2 aliphatic carbocycles. The molecule has 13 nitrogen and oxygen atoms in total. The van der Waals surface area contributed by atoms with E-state index in [4.69, 9.17) is 6.42 Å². The number of likely N-dealkylation sites (tertiary alicyclic amines) is 1. The number of ketones is 1. The molecule has 3 fully saturated rings. The number of nitrogens with one attached hydrogen (secondary N) is 4. The number of Topliss-reactive ketones (excluding diaryl/α,β-unsaturated/α-hetero) is 1. The Hall–Kier alpha value is -3.44. The summed E-state index contributed by atoms with van der Waals surface area (Å²) in [5, 5.41) is 11.3. The van der Waals surface area contributed by atoms with Crippen LogP contribution in [0.25, 0.3) is 0 Å². The van der Waals surface area contributed by atoms with Gasteiger partial charge >= 0.3 is 6.03 Å². The van der Waals surface area contributed by atoms with Crippen LogP contribution in [0.4, 0.5) is 4.79 Å². The summed E-state index contributed by atoms with van der Waals surface area (Å²) in [7, 11) is -2.18. The van der Waals surface area contributed by atoms with Crippen molar-refractivity contribution >= 4 is 39.6 Å². The first-order chi connectivity index (χ1) is 24.6. The van der Waals surface area contributed by atoms with Gasteiger partial charge in [-0.2, -0.15) is 0 Å². The third-order valence-electron chi connectivity index (χ3n) is 11.5. The lowest BCUT2D eigenvalue weighted by molar-refractivity contribution is -0.145. The predicted molar refractivity (Wildman–Crippen MR) is 206 cm³/mol. The second-order valence-corrected chi connectivity index (χ2v) is 20.3. The van der Waals surface area contributed by atoms with E-state index >= 15 is 0 Å². The van der Waals surface area contributed by atoms with E-state index in [0.29, 0.717) is 19.4 Å². The standard InChI is InChI=1S/C39H64N6O7S/c1-11-13-20-28(31(46)34(48)40-23-12-2)41-33(47)30-27-19-17-18-26(27)24-45(30)35(49)32(39(9)21-15-14-16-22-39)43-36(50)42-29(37(3,4)5)25-44(10)53(51,52)38(6,7)8/h1,12,26-30,32H,2,13-25H2,3-10H3,(H,40,48)(H,41,47)(H2,42,43,50)/t26-,27-,28?,29+,30-,32+/m0/s1. The van der Waals surface area contributed by atoms with E-state index in [1.807, 2.05) is 27.7 Å². The molecule has 0 aromatic carbocycles. The molecule has 0 radical (unpaired) electrons. The molecule has 1 saturated heterocycles. The second kappa shape index (κ2) is 17.8. The summed E-state index contributed by atoms with van der Waals surface area (Å²) in [6, 6.07) is -4.25. The largest absolute Gasteiger partial charge is 0.346 e. The zero-order chi connectivity index (χ0) is 39.9. The lowest BCUT2D eigenvalue weighted by Gasteiger charge is -2.43. The van der Waals surface area contributed by atoms with Crippen LogP contribution in [0.15, 0.2) is 12.7 Å². The van der Waals surface area contributed by atoms with Crippen LogP contribution in [0.3, 0.4) is 0 Å². The Kier molecular flexibility index (Phi) is 14.8. The molecule has 0 aromatic heterocycles. The van der Waals surface area contributed by atoms with Crippen molar-refractivity contribution in [3.63, 3.8) is 0 Å². The highest BCUT2D eigenvalue weighted by molar-refractivity contribution is 7.90. The fourth-order valence-electron chi connectivity index (χ4n) is 8.07. The van der Waals surface area contributed by atoms with Gasteiger partial charge in [-0.25, -0.2) is 17.5 Å². The van der Waals surface area contributed by atoms with Crippen molar-refractivity contribution < 1.29 is 32.4 Å². The number of urea groups is 1. The Morgan fingerprint density at radius 1 is 1.00 bits per heavy atom. The van der Waals surface area contributed by atoms with Gasteiger partial charge in [-0.15, -0.1) is 18.9 Å². The lowest BCUT2D eigenvalue weighted by Crippen LogP contribution is -2.63. The number of nitrogens with zero attached hydrogens (tertiary/aromatic N) is 2. The summed E-state index contributed by atoms with van der Waals surface area (Å²) < 4.78 is 26.7. The minimum absolute atomic E-state index is 0.0231. The Labute approximate surface area is 317 Å². The number of terminal acetylenes is 1. The number of carbonyl (C=O) groups is 5. The minimum atomic E-state index is -3.69. The zero-order valence-corrected chi connectivity index (χ0v) is 34.0. The van der Waals surface area contributed by atoms with E-state index in [9.17, 15) is 32.4 Å². The monoisotopic (exact) mass is 760 g/mol. The van der Waals surface area contributed by atoms with Crippen molar-refractivity contribution in [2.24, 2.45) is 22.7 Å². The molecule has 5 amide bonds. The number of hydrogen-bond donors (Lipinski definition) is 4. The van der Waals surface area contributed by atoms with Gasteiger partial charge in [0.25, 0.3) is 5.91 Å². The van der Waals surface area contributed by atoms with Crippen molar-refractivity contribution in [2.75, 3.05) is 26.7 Å². The molecule has 14 heteroatoms. The fourth-order valence-corrected chi connectivity index (χ4v) is 9.35. The van der Waals surface area contributed by atoms with E-state index < -0.39 is 73.4 Å². The maximum atomic E-state index is 14.9. The minimum Gasteiger partial charge on any atom is -0.346 e. The quantitative estimate of drug-likeness (QED) is 0.112. The van der Waals surface area contributed by atoms with Crippen molar-refractivity contribution in [3.05, 3.63) is 12.7 Å². The van der Waals surface area contributed by atoms with Crippen LogP contribution in [0.2, 0.25) is 0 Å². The topological polar surface area (TPSA) is 174 Å². The highest BCUT2D eigenvalue weighted by atomic mass is 32.2. The predicted octanol–water partition coefficient (Wildman–Crippen LogP) is 3.50. The van der Waals surface area contributed by atoms with Crippen LogP contribution < -0.4 is 21.3 Å². The van der Waals surface area contributed by atoms with Gasteiger partial charge in [-0.1, -0.05) is 59.5 Å². The van der Waals surface area contributed by atoms with Gasteiger partial charge in [0.05, 0.1) is 10.8 Å². The van der Waals surface area contributed by atoms with Gasteiger partial charge in [0.15, 0.2) is 0 Å². The molecular weight excluding hydrogens is 697 g/mol. The molecule has 2 saturated carbocycles. The Morgan fingerprint density at radius 2 is 1.64 bits per heavy atom. The zero-order valence-electron chi connectivity index (χ0n) is 33.2. The van der Waals surface area contributed by atoms with Gasteiger partial charge in [0.2, 0.25) is 27.6 Å². The van der Waals surface area contributed by atoms with Crippen LogP contribution >= 0.6 is 0 Å². The van der Waals surface area contributed by atoms with Crippen molar-refractivity contribution in [1.82, 2.24) is 30.5 Å². The van der Waals surface area contributed by atoms with Crippen LogP contribution in [-0.2, 0) is 29.2 Å². The number of likely N-dealkylation sites (N-methyl/N-ethyl adjacent to an activating group) is 1. The molecule has 3 rings (SSSR count). The lowest BCUT2D eigenvalue weighted by atomic mass is 9.70. The molecule has 1 aliphatic heterocycles. The van der Waals surface area contributed by atoms with Crippen LogP contribution in [-0.4, -0.2) is 103 Å². The number of hydrogen-bond acceptors (Lipinski definition) is 7. The van der Waals surface area contributed by atoms with Crippen molar-refractivity contribution in [2.45, 2.75) is 142 Å². The van der Waals surface area contributed by atoms with Gasteiger partial charge in [-0.05, 0) is 75.5 Å². The first-order valence-electron chi connectivity index (χ1n) is 19.1. The molecule has 4 N–H and O–H groups in total. The SMILES string of the molecule is C#CCCC(NC(=O)[C@@H]1[C@H]2CCC[C@H]2CN1C(=O)[C@@H](NC(=O)N[C@H](CN(C)S(=O)(=O)C(C)(C)C)C(C)(C)C)C1(C)CCCCC1)C(=O)C(=O)NCC=C. The van der Waals surface area contributed by atoms with E-state index in [1.54, 1.807) is 25.7 Å². The van der Waals surface area contributed by atoms with Crippen molar-refractivity contribution in [3.8, 4) is 12.3 Å². The normalized spacial score (nSPS) is 23.2. The number of fused-ring (bicyclic) bond motifs is 1. The number of amides is 5. The number of carbonyl (C=O) groups excluding carboxylic acids is 5. The van der Waals surface area contributed by atoms with Crippen molar-refractivity contribution in [1.29, 1.82) is 0 Å². The summed E-state index contributed by atoms with van der Waals surface area (Å²) in [5.41, 5.74) is -1.15. The first kappa shape index (κ1) is 44.0. The number of sulfonamides is 1.